The highest BCUT2D eigenvalue weighted by Crippen LogP contribution is 2.28. The van der Waals surface area contributed by atoms with Crippen LogP contribution in [0.15, 0.2) is 36.9 Å². The van der Waals surface area contributed by atoms with Crippen molar-refractivity contribution in [3.05, 3.63) is 48.0 Å². The molecule has 2 rings (SSSR count). The van der Waals surface area contributed by atoms with Crippen LogP contribution in [-0.4, -0.2) is 16.6 Å². The van der Waals surface area contributed by atoms with Gasteiger partial charge < -0.3 is 16.2 Å². The summed E-state index contributed by atoms with van der Waals surface area (Å²) in [6, 6.07) is 9.49. The standard InChI is InChI=1S/C15H15N5O/c1-2-7-21-9-10-5-3-4-6-11(10)13-12(8-16)14(17)20-15(18)19-13/h2-6H,1,7,9H2,(H4,17,18,19,20). The van der Waals surface area contributed by atoms with E-state index < -0.39 is 0 Å². The Morgan fingerprint density at radius 3 is 2.76 bits per heavy atom. The third-order valence-corrected chi connectivity index (χ3v) is 2.83. The van der Waals surface area contributed by atoms with Crippen LogP contribution in [0.1, 0.15) is 11.1 Å². The smallest absolute Gasteiger partial charge is 0.222 e. The van der Waals surface area contributed by atoms with Crippen molar-refractivity contribution >= 4 is 11.8 Å². The quantitative estimate of drug-likeness (QED) is 0.639. The minimum Gasteiger partial charge on any atom is -0.382 e. The Labute approximate surface area is 122 Å². The highest BCUT2D eigenvalue weighted by atomic mass is 16.5. The summed E-state index contributed by atoms with van der Waals surface area (Å²) in [5, 5.41) is 9.26. The Morgan fingerprint density at radius 2 is 2.05 bits per heavy atom. The molecule has 1 aromatic heterocycles. The molecule has 1 aromatic carbocycles. The third kappa shape index (κ3) is 3.16. The van der Waals surface area contributed by atoms with Crippen LogP contribution in [0.2, 0.25) is 0 Å². The molecule has 6 nitrogen and oxygen atoms in total. The maximum absolute atomic E-state index is 9.26. The molecule has 0 bridgehead atoms. The van der Waals surface area contributed by atoms with Crippen molar-refractivity contribution in [3.63, 3.8) is 0 Å². The van der Waals surface area contributed by atoms with Gasteiger partial charge in [-0.3, -0.25) is 0 Å². The van der Waals surface area contributed by atoms with Gasteiger partial charge in [-0.2, -0.15) is 10.2 Å². The first kappa shape index (κ1) is 14.5. The molecule has 0 atom stereocenters. The SMILES string of the molecule is C=CCOCc1ccccc1-c1nc(N)nc(N)c1C#N. The zero-order valence-electron chi connectivity index (χ0n) is 11.4. The predicted octanol–water partition coefficient (Wildman–Crippen LogP) is 1.88. The van der Waals surface area contributed by atoms with Crippen molar-refractivity contribution in [2.75, 3.05) is 18.1 Å². The Kier molecular flexibility index (Phi) is 4.49. The summed E-state index contributed by atoms with van der Waals surface area (Å²) in [5.41, 5.74) is 13.6. The van der Waals surface area contributed by atoms with Crippen LogP contribution in [0, 0.1) is 11.3 Å². The van der Waals surface area contributed by atoms with Crippen LogP contribution in [-0.2, 0) is 11.3 Å². The van der Waals surface area contributed by atoms with E-state index in [2.05, 4.69) is 16.5 Å². The molecule has 0 saturated heterocycles. The summed E-state index contributed by atoms with van der Waals surface area (Å²) in [7, 11) is 0. The van der Waals surface area contributed by atoms with Crippen molar-refractivity contribution < 1.29 is 4.74 Å². The van der Waals surface area contributed by atoms with Gasteiger partial charge in [0.1, 0.15) is 17.5 Å². The minimum absolute atomic E-state index is 0.0308. The molecule has 1 heterocycles. The van der Waals surface area contributed by atoms with Gasteiger partial charge >= 0.3 is 0 Å². The van der Waals surface area contributed by atoms with E-state index >= 15 is 0 Å². The molecule has 0 saturated carbocycles. The number of nitriles is 1. The molecule has 6 heteroatoms. The van der Waals surface area contributed by atoms with Crippen LogP contribution in [0.4, 0.5) is 11.8 Å². The molecule has 0 aliphatic rings. The molecule has 0 aliphatic heterocycles. The second-order valence-corrected chi connectivity index (χ2v) is 4.26. The lowest BCUT2D eigenvalue weighted by molar-refractivity contribution is 0.149. The first-order valence-electron chi connectivity index (χ1n) is 6.27. The van der Waals surface area contributed by atoms with E-state index in [0.29, 0.717) is 18.9 Å². The number of nitrogen functional groups attached to an aromatic ring is 2. The molecule has 0 aliphatic carbocycles. The molecule has 106 valence electrons. The fourth-order valence-corrected chi connectivity index (χ4v) is 1.93. The van der Waals surface area contributed by atoms with E-state index in [0.717, 1.165) is 11.1 Å². The lowest BCUT2D eigenvalue weighted by atomic mass is 10.0. The summed E-state index contributed by atoms with van der Waals surface area (Å²) in [6.07, 6.45) is 1.67. The van der Waals surface area contributed by atoms with Gasteiger partial charge in [0.25, 0.3) is 0 Å². The number of hydrogen-bond donors (Lipinski definition) is 2. The first-order chi connectivity index (χ1) is 10.2. The van der Waals surface area contributed by atoms with Crippen molar-refractivity contribution in [3.8, 4) is 17.3 Å². The number of rotatable bonds is 5. The van der Waals surface area contributed by atoms with Crippen LogP contribution < -0.4 is 11.5 Å². The van der Waals surface area contributed by atoms with Gasteiger partial charge in [-0.15, -0.1) is 6.58 Å². The highest BCUT2D eigenvalue weighted by molar-refractivity contribution is 5.75. The molecular formula is C15H15N5O. The maximum atomic E-state index is 9.26. The van der Waals surface area contributed by atoms with Gasteiger partial charge in [0, 0.05) is 5.56 Å². The predicted molar refractivity (Wildman–Crippen MR) is 80.9 cm³/mol. The summed E-state index contributed by atoms with van der Waals surface area (Å²) in [6.45, 7) is 4.41. The Hall–Kier alpha value is -2.91. The average molecular weight is 281 g/mol. The fourth-order valence-electron chi connectivity index (χ4n) is 1.93. The van der Waals surface area contributed by atoms with Crippen LogP contribution in [0.25, 0.3) is 11.3 Å². The van der Waals surface area contributed by atoms with Crippen molar-refractivity contribution in [2.45, 2.75) is 6.61 Å². The number of ether oxygens (including phenoxy) is 1. The second-order valence-electron chi connectivity index (χ2n) is 4.26. The Bertz CT molecular complexity index is 706. The number of benzene rings is 1. The molecule has 0 radical (unpaired) electrons. The van der Waals surface area contributed by atoms with Crippen molar-refractivity contribution in [1.29, 1.82) is 5.26 Å². The summed E-state index contributed by atoms with van der Waals surface area (Å²) in [4.78, 5) is 7.97. The first-order valence-corrected chi connectivity index (χ1v) is 6.27. The molecule has 0 amide bonds. The normalized spacial score (nSPS) is 10.0. The molecule has 0 spiro atoms. The van der Waals surface area contributed by atoms with E-state index in [1.807, 2.05) is 30.3 Å². The Balaban J connectivity index is 2.52. The topological polar surface area (TPSA) is 111 Å². The summed E-state index contributed by atoms with van der Waals surface area (Å²) >= 11 is 0. The van der Waals surface area contributed by atoms with Crippen molar-refractivity contribution in [2.24, 2.45) is 0 Å². The zero-order chi connectivity index (χ0) is 15.2. The lowest BCUT2D eigenvalue weighted by Crippen LogP contribution is -2.06. The largest absolute Gasteiger partial charge is 0.382 e. The van der Waals surface area contributed by atoms with Gasteiger partial charge in [-0.05, 0) is 5.56 Å². The van der Waals surface area contributed by atoms with E-state index in [1.54, 1.807) is 6.08 Å². The minimum atomic E-state index is 0.0308. The monoisotopic (exact) mass is 281 g/mol. The van der Waals surface area contributed by atoms with Gasteiger partial charge in [-0.25, -0.2) is 4.98 Å². The van der Waals surface area contributed by atoms with E-state index in [4.69, 9.17) is 16.2 Å². The van der Waals surface area contributed by atoms with E-state index in [-0.39, 0.29) is 17.3 Å². The third-order valence-electron chi connectivity index (χ3n) is 2.83. The molecular weight excluding hydrogens is 266 g/mol. The molecule has 0 fully saturated rings. The summed E-state index contributed by atoms with van der Waals surface area (Å²) in [5.74, 6) is 0.102. The van der Waals surface area contributed by atoms with Crippen molar-refractivity contribution in [1.82, 2.24) is 9.97 Å². The fraction of sp³-hybridized carbons (Fsp3) is 0.133. The van der Waals surface area contributed by atoms with Crippen LogP contribution >= 0.6 is 0 Å². The van der Waals surface area contributed by atoms with Gasteiger partial charge in [-0.1, -0.05) is 30.3 Å². The van der Waals surface area contributed by atoms with E-state index in [1.165, 1.54) is 0 Å². The maximum Gasteiger partial charge on any atom is 0.222 e. The zero-order valence-corrected chi connectivity index (χ0v) is 11.4. The van der Waals surface area contributed by atoms with Gasteiger partial charge in [0.05, 0.1) is 18.9 Å². The summed E-state index contributed by atoms with van der Waals surface area (Å²) < 4.78 is 5.46. The van der Waals surface area contributed by atoms with Crippen LogP contribution in [0.3, 0.4) is 0 Å². The number of aromatic nitrogens is 2. The Morgan fingerprint density at radius 1 is 1.29 bits per heavy atom. The number of nitrogens with two attached hydrogens (primary N) is 2. The molecule has 2 aromatic rings. The van der Waals surface area contributed by atoms with E-state index in [9.17, 15) is 5.26 Å². The molecule has 21 heavy (non-hydrogen) atoms. The van der Waals surface area contributed by atoms with Gasteiger partial charge in [0.2, 0.25) is 5.95 Å². The van der Waals surface area contributed by atoms with Gasteiger partial charge in [0.15, 0.2) is 0 Å². The lowest BCUT2D eigenvalue weighted by Gasteiger charge is -2.11. The number of anilines is 2. The highest BCUT2D eigenvalue weighted by Gasteiger charge is 2.15. The number of nitrogens with zero attached hydrogens (tertiary/aromatic N) is 3. The molecule has 0 unspecified atom stereocenters. The van der Waals surface area contributed by atoms with Crippen LogP contribution in [0.5, 0.6) is 0 Å². The average Bonchev–Trinajstić information content (AvgIpc) is 2.47. The second kappa shape index (κ2) is 6.50. The molecule has 4 N–H and O–H groups in total. The number of hydrogen-bond acceptors (Lipinski definition) is 6.